The van der Waals surface area contributed by atoms with Crippen molar-refractivity contribution in [3.63, 3.8) is 0 Å². The van der Waals surface area contributed by atoms with Crippen LogP contribution in [0.3, 0.4) is 0 Å². The van der Waals surface area contributed by atoms with Crippen LogP contribution in [0.5, 0.6) is 11.5 Å². The van der Waals surface area contributed by atoms with Crippen LogP contribution in [0.4, 0.5) is 0 Å². The molecule has 0 atom stereocenters. The number of fused-ring (bicyclic) bond motifs is 3. The Bertz CT molecular complexity index is 920. The summed E-state index contributed by atoms with van der Waals surface area (Å²) in [6, 6.07) is 5.51. The smallest absolute Gasteiger partial charge is 0.341 e. The number of methoxy groups -OCH3 is 3. The van der Waals surface area contributed by atoms with Gasteiger partial charge in [-0.25, -0.2) is 4.79 Å². The zero-order valence-corrected chi connectivity index (χ0v) is 13.8. The molecule has 0 aliphatic rings. The normalized spacial score (nSPS) is 11.0. The number of benzene rings is 2. The molecular weight excluding hydrogens is 296 g/mol. The molecule has 2 aromatic carbocycles. The highest BCUT2D eigenvalue weighted by Crippen LogP contribution is 2.40. The summed E-state index contributed by atoms with van der Waals surface area (Å²) in [6.07, 6.45) is 0. The minimum absolute atomic E-state index is 0.417. The Morgan fingerprint density at radius 1 is 0.957 bits per heavy atom. The Labute approximate surface area is 133 Å². The van der Waals surface area contributed by atoms with Crippen LogP contribution in [0.2, 0.25) is 0 Å². The molecular formula is C18H18O5. The number of hydrogen-bond donors (Lipinski definition) is 0. The van der Waals surface area contributed by atoms with Crippen molar-refractivity contribution in [2.45, 2.75) is 13.8 Å². The van der Waals surface area contributed by atoms with Gasteiger partial charge in [0.25, 0.3) is 0 Å². The van der Waals surface area contributed by atoms with E-state index in [2.05, 4.69) is 0 Å². The third kappa shape index (κ3) is 2.20. The highest BCUT2D eigenvalue weighted by molar-refractivity contribution is 6.12. The number of aryl methyl sites for hydroxylation is 2. The molecule has 120 valence electrons. The van der Waals surface area contributed by atoms with E-state index < -0.39 is 5.97 Å². The quantitative estimate of drug-likeness (QED) is 0.684. The second-order valence-electron chi connectivity index (χ2n) is 5.36. The van der Waals surface area contributed by atoms with Crippen molar-refractivity contribution in [3.8, 4) is 11.5 Å². The fourth-order valence-corrected chi connectivity index (χ4v) is 3.03. The Morgan fingerprint density at radius 2 is 1.65 bits per heavy atom. The summed E-state index contributed by atoms with van der Waals surface area (Å²) in [5.74, 6) is 0.735. The maximum Gasteiger partial charge on any atom is 0.341 e. The van der Waals surface area contributed by atoms with Gasteiger partial charge in [-0.1, -0.05) is 0 Å². The van der Waals surface area contributed by atoms with Crippen LogP contribution in [0.25, 0.3) is 21.9 Å². The SMILES string of the molecule is COC(=O)c1c(OC)cc2oc3cc(OC)cc(C)c3c2c1C. The minimum atomic E-state index is -0.429. The summed E-state index contributed by atoms with van der Waals surface area (Å²) >= 11 is 0. The minimum Gasteiger partial charge on any atom is -0.497 e. The molecule has 0 aliphatic carbocycles. The van der Waals surface area contributed by atoms with E-state index in [4.69, 9.17) is 18.6 Å². The van der Waals surface area contributed by atoms with Gasteiger partial charge >= 0.3 is 5.97 Å². The molecule has 1 heterocycles. The number of esters is 1. The van der Waals surface area contributed by atoms with Crippen molar-refractivity contribution in [1.82, 2.24) is 0 Å². The number of carbonyl (C=O) groups excluding carboxylic acids is 1. The van der Waals surface area contributed by atoms with Gasteiger partial charge in [0.1, 0.15) is 28.2 Å². The van der Waals surface area contributed by atoms with E-state index in [0.717, 1.165) is 27.6 Å². The molecule has 23 heavy (non-hydrogen) atoms. The van der Waals surface area contributed by atoms with E-state index in [9.17, 15) is 4.79 Å². The summed E-state index contributed by atoms with van der Waals surface area (Å²) in [4.78, 5) is 12.1. The van der Waals surface area contributed by atoms with Gasteiger partial charge in [-0.3, -0.25) is 0 Å². The summed E-state index contributed by atoms with van der Waals surface area (Å²) in [7, 11) is 4.49. The van der Waals surface area contributed by atoms with Crippen molar-refractivity contribution >= 4 is 27.9 Å². The van der Waals surface area contributed by atoms with Crippen molar-refractivity contribution in [3.05, 3.63) is 34.9 Å². The lowest BCUT2D eigenvalue weighted by atomic mass is 9.98. The Hall–Kier alpha value is -2.69. The van der Waals surface area contributed by atoms with Crippen LogP contribution >= 0.6 is 0 Å². The summed E-state index contributed by atoms with van der Waals surface area (Å²) in [5, 5.41) is 1.85. The second-order valence-corrected chi connectivity index (χ2v) is 5.36. The maximum atomic E-state index is 12.1. The number of carbonyl (C=O) groups is 1. The predicted molar refractivity (Wildman–Crippen MR) is 87.6 cm³/mol. The molecule has 0 fully saturated rings. The summed E-state index contributed by atoms with van der Waals surface area (Å²) < 4.78 is 21.5. The first-order valence-electron chi connectivity index (χ1n) is 7.18. The molecule has 0 saturated heterocycles. The Morgan fingerprint density at radius 3 is 2.26 bits per heavy atom. The third-order valence-corrected chi connectivity index (χ3v) is 4.09. The first kappa shape index (κ1) is 15.2. The Kier molecular flexibility index (Phi) is 3.64. The van der Waals surface area contributed by atoms with Gasteiger partial charge in [0.05, 0.1) is 21.3 Å². The van der Waals surface area contributed by atoms with Crippen molar-refractivity contribution in [2.75, 3.05) is 21.3 Å². The summed E-state index contributed by atoms with van der Waals surface area (Å²) in [5.41, 5.74) is 3.59. The highest BCUT2D eigenvalue weighted by Gasteiger charge is 2.23. The van der Waals surface area contributed by atoms with E-state index in [-0.39, 0.29) is 0 Å². The van der Waals surface area contributed by atoms with E-state index in [1.54, 1.807) is 13.2 Å². The standard InChI is InChI=1S/C18H18O5/c1-9-6-11(20-3)7-13-15(9)16-10(2)17(18(19)22-5)12(21-4)8-14(16)23-13/h6-8H,1-5H3. The van der Waals surface area contributed by atoms with Crippen LogP contribution < -0.4 is 9.47 Å². The van der Waals surface area contributed by atoms with Crippen molar-refractivity contribution in [1.29, 1.82) is 0 Å². The molecule has 0 amide bonds. The number of rotatable bonds is 3. The fraction of sp³-hybridized carbons (Fsp3) is 0.278. The van der Waals surface area contributed by atoms with Gasteiger partial charge in [0.15, 0.2) is 0 Å². The van der Waals surface area contributed by atoms with Gasteiger partial charge in [0.2, 0.25) is 0 Å². The third-order valence-electron chi connectivity index (χ3n) is 4.09. The van der Waals surface area contributed by atoms with E-state index >= 15 is 0 Å². The van der Waals surface area contributed by atoms with Gasteiger partial charge in [0, 0.05) is 22.9 Å². The molecule has 3 rings (SSSR count). The largest absolute Gasteiger partial charge is 0.497 e. The monoisotopic (exact) mass is 314 g/mol. The van der Waals surface area contributed by atoms with Crippen molar-refractivity contribution < 1.29 is 23.4 Å². The average Bonchev–Trinajstić information content (AvgIpc) is 2.92. The number of hydrogen-bond acceptors (Lipinski definition) is 5. The van der Waals surface area contributed by atoms with Crippen LogP contribution in [-0.2, 0) is 4.74 Å². The number of ether oxygens (including phenoxy) is 3. The van der Waals surface area contributed by atoms with Crippen molar-refractivity contribution in [2.24, 2.45) is 0 Å². The summed E-state index contributed by atoms with van der Waals surface area (Å²) in [6.45, 7) is 3.86. The van der Waals surface area contributed by atoms with Gasteiger partial charge in [-0.05, 0) is 31.0 Å². The highest BCUT2D eigenvalue weighted by atomic mass is 16.5. The maximum absolute atomic E-state index is 12.1. The molecule has 0 saturated carbocycles. The Balaban J connectivity index is 2.47. The molecule has 5 nitrogen and oxygen atoms in total. The topological polar surface area (TPSA) is 57.9 Å². The molecule has 0 spiro atoms. The number of furan rings is 1. The van der Waals surface area contributed by atoms with Crippen LogP contribution in [0.1, 0.15) is 21.5 Å². The van der Waals surface area contributed by atoms with Crippen LogP contribution in [0, 0.1) is 13.8 Å². The predicted octanol–water partition coefficient (Wildman–Crippen LogP) is 4.01. The van der Waals surface area contributed by atoms with Gasteiger partial charge in [-0.15, -0.1) is 0 Å². The molecule has 5 heteroatoms. The molecule has 3 aromatic rings. The zero-order valence-electron chi connectivity index (χ0n) is 13.8. The molecule has 0 unspecified atom stereocenters. The van der Waals surface area contributed by atoms with E-state index in [1.165, 1.54) is 14.2 Å². The lowest BCUT2D eigenvalue weighted by Gasteiger charge is -2.11. The average molecular weight is 314 g/mol. The first-order chi connectivity index (χ1) is 11.0. The van der Waals surface area contributed by atoms with Crippen LogP contribution in [0.15, 0.2) is 22.6 Å². The van der Waals surface area contributed by atoms with E-state index in [1.807, 2.05) is 26.0 Å². The molecule has 0 bridgehead atoms. The molecule has 1 aromatic heterocycles. The lowest BCUT2D eigenvalue weighted by molar-refractivity contribution is 0.0596. The van der Waals surface area contributed by atoms with Gasteiger partial charge in [-0.2, -0.15) is 0 Å². The molecule has 0 N–H and O–H groups in total. The fourth-order valence-electron chi connectivity index (χ4n) is 3.03. The molecule has 0 aliphatic heterocycles. The zero-order chi connectivity index (χ0) is 16.7. The van der Waals surface area contributed by atoms with Crippen LogP contribution in [-0.4, -0.2) is 27.3 Å². The van der Waals surface area contributed by atoms with Gasteiger partial charge < -0.3 is 18.6 Å². The lowest BCUT2D eigenvalue weighted by Crippen LogP contribution is -2.06. The molecule has 0 radical (unpaired) electrons. The first-order valence-corrected chi connectivity index (χ1v) is 7.18. The second kappa shape index (κ2) is 5.50. The van der Waals surface area contributed by atoms with E-state index in [0.29, 0.717) is 22.5 Å².